The number of thioether (sulfide) groups is 2. The quantitative estimate of drug-likeness (QED) is 0.814. The molecule has 1 aliphatic rings. The minimum Gasteiger partial charge on any atom is -0.493 e. The highest BCUT2D eigenvalue weighted by Gasteiger charge is 2.29. The third-order valence-electron chi connectivity index (χ3n) is 3.16. The third kappa shape index (κ3) is 5.30. The van der Waals surface area contributed by atoms with E-state index >= 15 is 0 Å². The molecular formula is C15H21NO4S2. The van der Waals surface area contributed by atoms with Gasteiger partial charge in [0.15, 0.2) is 18.1 Å². The Balaban J connectivity index is 1.78. The van der Waals surface area contributed by atoms with Gasteiger partial charge >= 0.3 is 0 Å². The van der Waals surface area contributed by atoms with Gasteiger partial charge < -0.3 is 19.9 Å². The normalized spacial score (nSPS) is 17.4. The molecule has 2 N–H and O–H groups in total. The molecule has 0 saturated carbocycles. The van der Waals surface area contributed by atoms with E-state index in [-0.39, 0.29) is 19.1 Å². The SMILES string of the molecule is COc1ccccc1OCC(=O)NCC1(O)CSCCSC1. The van der Waals surface area contributed by atoms with Crippen LogP contribution in [0.2, 0.25) is 0 Å². The Morgan fingerprint density at radius 3 is 2.55 bits per heavy atom. The van der Waals surface area contributed by atoms with Crippen molar-refractivity contribution in [2.24, 2.45) is 0 Å². The van der Waals surface area contributed by atoms with E-state index in [4.69, 9.17) is 9.47 Å². The molecule has 22 heavy (non-hydrogen) atoms. The zero-order valence-electron chi connectivity index (χ0n) is 12.5. The number of nitrogens with one attached hydrogen (secondary N) is 1. The van der Waals surface area contributed by atoms with Crippen molar-refractivity contribution in [2.45, 2.75) is 5.60 Å². The molecule has 0 unspecified atom stereocenters. The first-order valence-electron chi connectivity index (χ1n) is 7.03. The van der Waals surface area contributed by atoms with E-state index in [1.165, 1.54) is 0 Å². The highest BCUT2D eigenvalue weighted by Crippen LogP contribution is 2.26. The summed E-state index contributed by atoms with van der Waals surface area (Å²) in [5.41, 5.74) is -0.841. The first-order valence-corrected chi connectivity index (χ1v) is 9.34. The van der Waals surface area contributed by atoms with Crippen LogP contribution in [-0.2, 0) is 4.79 Å². The van der Waals surface area contributed by atoms with Crippen molar-refractivity contribution >= 4 is 29.4 Å². The van der Waals surface area contributed by atoms with Gasteiger partial charge in [-0.15, -0.1) is 0 Å². The van der Waals surface area contributed by atoms with Gasteiger partial charge in [0.05, 0.1) is 12.7 Å². The summed E-state index contributed by atoms with van der Waals surface area (Å²) in [6.45, 7) is 0.151. The minimum absolute atomic E-state index is 0.100. The molecule has 0 spiro atoms. The Kier molecular flexibility index (Phi) is 6.72. The zero-order chi connectivity index (χ0) is 15.8. The summed E-state index contributed by atoms with van der Waals surface area (Å²) in [7, 11) is 1.55. The van der Waals surface area contributed by atoms with Gasteiger partial charge in [0.25, 0.3) is 5.91 Å². The predicted molar refractivity (Wildman–Crippen MR) is 91.1 cm³/mol. The molecule has 0 aliphatic carbocycles. The van der Waals surface area contributed by atoms with Crippen LogP contribution in [0.3, 0.4) is 0 Å². The molecule has 7 heteroatoms. The maximum absolute atomic E-state index is 11.9. The van der Waals surface area contributed by atoms with E-state index in [0.29, 0.717) is 23.0 Å². The van der Waals surface area contributed by atoms with Crippen LogP contribution in [0.4, 0.5) is 0 Å². The summed E-state index contributed by atoms with van der Waals surface area (Å²) >= 11 is 3.44. The standard InChI is InChI=1S/C15H21NO4S2/c1-19-12-4-2-3-5-13(12)20-8-14(17)16-9-15(18)10-21-6-7-22-11-15/h2-5,18H,6-11H2,1H3,(H,16,17). The van der Waals surface area contributed by atoms with Crippen LogP contribution in [0.5, 0.6) is 11.5 Å². The second kappa shape index (κ2) is 8.55. The second-order valence-corrected chi connectivity index (χ2v) is 7.26. The average Bonchev–Trinajstić information content (AvgIpc) is 2.76. The Labute approximate surface area is 139 Å². The third-order valence-corrected chi connectivity index (χ3v) is 5.88. The number of para-hydroxylation sites is 2. The van der Waals surface area contributed by atoms with Crippen molar-refractivity contribution in [3.63, 3.8) is 0 Å². The van der Waals surface area contributed by atoms with Gasteiger partial charge in [0.2, 0.25) is 0 Å². The molecule has 0 bridgehead atoms. The lowest BCUT2D eigenvalue weighted by molar-refractivity contribution is -0.124. The number of rotatable bonds is 6. The minimum atomic E-state index is -0.841. The fourth-order valence-corrected chi connectivity index (χ4v) is 4.51. The maximum atomic E-state index is 11.9. The van der Waals surface area contributed by atoms with Crippen LogP contribution >= 0.6 is 23.5 Å². The van der Waals surface area contributed by atoms with E-state index in [9.17, 15) is 9.90 Å². The highest BCUT2D eigenvalue weighted by atomic mass is 32.2. The zero-order valence-corrected chi connectivity index (χ0v) is 14.2. The van der Waals surface area contributed by atoms with Crippen molar-refractivity contribution in [3.8, 4) is 11.5 Å². The van der Waals surface area contributed by atoms with Crippen molar-refractivity contribution in [3.05, 3.63) is 24.3 Å². The van der Waals surface area contributed by atoms with E-state index in [0.717, 1.165) is 11.5 Å². The molecular weight excluding hydrogens is 322 g/mol. The van der Waals surface area contributed by atoms with Gasteiger partial charge in [-0.1, -0.05) is 12.1 Å². The fourth-order valence-electron chi connectivity index (χ4n) is 1.98. The summed E-state index contributed by atoms with van der Waals surface area (Å²) in [4.78, 5) is 11.9. The smallest absolute Gasteiger partial charge is 0.258 e. The number of amides is 1. The molecule has 1 fully saturated rings. The van der Waals surface area contributed by atoms with Crippen LogP contribution in [0.1, 0.15) is 0 Å². The number of ether oxygens (including phenoxy) is 2. The van der Waals surface area contributed by atoms with Crippen molar-refractivity contribution < 1.29 is 19.4 Å². The van der Waals surface area contributed by atoms with Gasteiger partial charge in [-0.05, 0) is 12.1 Å². The van der Waals surface area contributed by atoms with E-state index < -0.39 is 5.60 Å². The van der Waals surface area contributed by atoms with Crippen molar-refractivity contribution in [1.29, 1.82) is 0 Å². The largest absolute Gasteiger partial charge is 0.493 e. The molecule has 5 nitrogen and oxygen atoms in total. The molecule has 0 radical (unpaired) electrons. The Morgan fingerprint density at radius 1 is 1.27 bits per heavy atom. The number of carbonyl (C=O) groups excluding carboxylic acids is 1. The number of benzene rings is 1. The number of aliphatic hydroxyl groups is 1. The van der Waals surface area contributed by atoms with E-state index in [2.05, 4.69) is 5.32 Å². The van der Waals surface area contributed by atoms with Crippen molar-refractivity contribution in [2.75, 3.05) is 43.3 Å². The van der Waals surface area contributed by atoms with Gasteiger partial charge in [-0.25, -0.2) is 0 Å². The molecule has 0 atom stereocenters. The van der Waals surface area contributed by atoms with Gasteiger partial charge in [0.1, 0.15) is 0 Å². The summed E-state index contributed by atoms with van der Waals surface area (Å²) in [6, 6.07) is 7.18. The summed E-state index contributed by atoms with van der Waals surface area (Å²) < 4.78 is 10.6. The predicted octanol–water partition coefficient (Wildman–Crippen LogP) is 1.40. The topological polar surface area (TPSA) is 67.8 Å². The molecule has 1 aromatic rings. The maximum Gasteiger partial charge on any atom is 0.258 e. The van der Waals surface area contributed by atoms with Crippen molar-refractivity contribution in [1.82, 2.24) is 5.32 Å². The lowest BCUT2D eigenvalue weighted by Crippen LogP contribution is -2.47. The first kappa shape index (κ1) is 17.3. The molecule has 1 heterocycles. The summed E-state index contributed by atoms with van der Waals surface area (Å²) in [5, 5.41) is 13.2. The Hall–Kier alpha value is -1.05. The Bertz CT molecular complexity index is 490. The Morgan fingerprint density at radius 2 is 1.91 bits per heavy atom. The monoisotopic (exact) mass is 343 g/mol. The van der Waals surface area contributed by atoms with Gasteiger partial charge in [-0.3, -0.25) is 4.79 Å². The van der Waals surface area contributed by atoms with Gasteiger partial charge in [0, 0.05) is 29.6 Å². The average molecular weight is 343 g/mol. The lowest BCUT2D eigenvalue weighted by atomic mass is 10.1. The summed E-state index contributed by atoms with van der Waals surface area (Å²) in [6.07, 6.45) is 0. The van der Waals surface area contributed by atoms with Crippen LogP contribution in [0, 0.1) is 0 Å². The van der Waals surface area contributed by atoms with Crippen LogP contribution in [0.15, 0.2) is 24.3 Å². The van der Waals surface area contributed by atoms with Crippen LogP contribution in [-0.4, -0.2) is 59.9 Å². The van der Waals surface area contributed by atoms with Crippen LogP contribution < -0.4 is 14.8 Å². The highest BCUT2D eigenvalue weighted by molar-refractivity contribution is 8.03. The molecule has 1 saturated heterocycles. The summed E-state index contributed by atoms with van der Waals surface area (Å²) in [5.74, 6) is 4.24. The molecule has 2 rings (SSSR count). The lowest BCUT2D eigenvalue weighted by Gasteiger charge is -2.25. The van der Waals surface area contributed by atoms with Crippen LogP contribution in [0.25, 0.3) is 0 Å². The van der Waals surface area contributed by atoms with E-state index in [1.807, 2.05) is 12.1 Å². The molecule has 0 aromatic heterocycles. The number of methoxy groups -OCH3 is 1. The molecule has 1 aromatic carbocycles. The second-order valence-electron chi connectivity index (χ2n) is 5.05. The van der Waals surface area contributed by atoms with Gasteiger partial charge in [-0.2, -0.15) is 23.5 Å². The number of hydrogen-bond donors (Lipinski definition) is 2. The molecule has 1 aliphatic heterocycles. The number of hydrogen-bond acceptors (Lipinski definition) is 6. The first-order chi connectivity index (χ1) is 10.6. The molecule has 1 amide bonds. The fraction of sp³-hybridized carbons (Fsp3) is 0.533. The molecule has 122 valence electrons. The number of carbonyl (C=O) groups is 1. The van der Waals surface area contributed by atoms with E-state index in [1.54, 1.807) is 42.8 Å².